The van der Waals surface area contributed by atoms with Gasteiger partial charge < -0.3 is 20.5 Å². The molecule has 0 unspecified atom stereocenters. The van der Waals surface area contributed by atoms with Gasteiger partial charge in [0, 0.05) is 12.6 Å². The van der Waals surface area contributed by atoms with Crippen molar-refractivity contribution in [3.8, 4) is 5.75 Å². The smallest absolute Gasteiger partial charge is 0.315 e. The van der Waals surface area contributed by atoms with E-state index in [1.807, 2.05) is 19.1 Å². The lowest BCUT2D eigenvalue weighted by atomic mass is 9.86. The summed E-state index contributed by atoms with van der Waals surface area (Å²) in [6.07, 6.45) is 3.43. The molecule has 0 spiro atoms. The van der Waals surface area contributed by atoms with Crippen LogP contribution in [0.2, 0.25) is 0 Å². The number of methoxy groups -OCH3 is 1. The second kappa shape index (κ2) is 8.57. The molecular weight excluding hydrogens is 308 g/mol. The van der Waals surface area contributed by atoms with Gasteiger partial charge in [-0.3, -0.25) is 4.79 Å². The number of carboxylic acids is 1. The number of aryl methyl sites for hydroxylation is 1. The predicted molar refractivity (Wildman–Crippen MR) is 91.4 cm³/mol. The molecule has 1 fully saturated rings. The second-order valence-electron chi connectivity index (χ2n) is 6.40. The fourth-order valence-electron chi connectivity index (χ4n) is 3.13. The zero-order valence-corrected chi connectivity index (χ0v) is 14.3. The monoisotopic (exact) mass is 334 g/mol. The Balaban J connectivity index is 1.70. The molecule has 0 saturated heterocycles. The Bertz CT molecular complexity index is 580. The molecule has 6 nitrogen and oxygen atoms in total. The van der Waals surface area contributed by atoms with Crippen molar-refractivity contribution >= 4 is 12.0 Å². The van der Waals surface area contributed by atoms with E-state index in [-0.39, 0.29) is 18.0 Å². The van der Waals surface area contributed by atoms with E-state index in [0.717, 1.165) is 36.1 Å². The van der Waals surface area contributed by atoms with Crippen LogP contribution < -0.4 is 15.4 Å². The van der Waals surface area contributed by atoms with Crippen LogP contribution in [0.4, 0.5) is 4.79 Å². The van der Waals surface area contributed by atoms with Crippen LogP contribution >= 0.6 is 0 Å². The molecule has 24 heavy (non-hydrogen) atoms. The van der Waals surface area contributed by atoms with E-state index >= 15 is 0 Å². The molecule has 1 saturated carbocycles. The van der Waals surface area contributed by atoms with E-state index in [4.69, 9.17) is 9.84 Å². The van der Waals surface area contributed by atoms with Crippen LogP contribution in [0.3, 0.4) is 0 Å². The molecule has 0 aromatic heterocycles. The highest BCUT2D eigenvalue weighted by atomic mass is 16.5. The minimum atomic E-state index is -0.730. The maximum absolute atomic E-state index is 11.9. The number of carbonyl (C=O) groups is 2. The van der Waals surface area contributed by atoms with Gasteiger partial charge in [0.1, 0.15) is 5.75 Å². The average Bonchev–Trinajstić information content (AvgIpc) is 2.54. The first-order chi connectivity index (χ1) is 11.5. The number of urea groups is 1. The van der Waals surface area contributed by atoms with Crippen LogP contribution in [0.25, 0.3) is 0 Å². The van der Waals surface area contributed by atoms with E-state index < -0.39 is 5.97 Å². The van der Waals surface area contributed by atoms with Crippen LogP contribution in [0.5, 0.6) is 5.75 Å². The summed E-state index contributed by atoms with van der Waals surface area (Å²) in [7, 11) is 1.64. The zero-order chi connectivity index (χ0) is 17.5. The largest absolute Gasteiger partial charge is 0.497 e. The third kappa shape index (κ3) is 5.44. The maximum atomic E-state index is 11.9. The van der Waals surface area contributed by atoms with Gasteiger partial charge in [0.05, 0.1) is 13.0 Å². The van der Waals surface area contributed by atoms with E-state index in [0.29, 0.717) is 19.4 Å². The van der Waals surface area contributed by atoms with Gasteiger partial charge in [-0.15, -0.1) is 0 Å². The number of carbonyl (C=O) groups excluding carboxylic acids is 1. The Morgan fingerprint density at radius 2 is 1.92 bits per heavy atom. The first-order valence-corrected chi connectivity index (χ1v) is 8.39. The third-order valence-corrected chi connectivity index (χ3v) is 4.46. The molecule has 1 aliphatic carbocycles. The predicted octanol–water partition coefficient (Wildman–Crippen LogP) is 2.49. The van der Waals surface area contributed by atoms with Crippen molar-refractivity contribution in [3.05, 3.63) is 29.3 Å². The Kier molecular flexibility index (Phi) is 6.46. The first-order valence-electron chi connectivity index (χ1n) is 8.39. The van der Waals surface area contributed by atoms with E-state index in [1.54, 1.807) is 7.11 Å². The molecule has 0 aliphatic heterocycles. The highest BCUT2D eigenvalue weighted by Gasteiger charge is 2.26. The van der Waals surface area contributed by atoms with Crippen molar-refractivity contribution in [3.63, 3.8) is 0 Å². The van der Waals surface area contributed by atoms with Crippen LogP contribution in [-0.4, -0.2) is 36.8 Å². The number of aliphatic carboxylic acids is 1. The van der Waals surface area contributed by atoms with E-state index in [2.05, 4.69) is 16.7 Å². The summed E-state index contributed by atoms with van der Waals surface area (Å²) >= 11 is 0. The summed E-state index contributed by atoms with van der Waals surface area (Å²) in [5.74, 6) is -0.168. The van der Waals surface area contributed by atoms with Crippen molar-refractivity contribution in [2.75, 3.05) is 13.7 Å². The number of nitrogens with one attached hydrogen (secondary N) is 2. The Labute approximate surface area is 142 Å². The van der Waals surface area contributed by atoms with Crippen LogP contribution in [0, 0.1) is 12.8 Å². The van der Waals surface area contributed by atoms with Crippen molar-refractivity contribution in [1.82, 2.24) is 10.6 Å². The van der Waals surface area contributed by atoms with Crippen LogP contribution in [0.15, 0.2) is 18.2 Å². The number of hydrogen-bond donors (Lipinski definition) is 3. The molecule has 0 radical (unpaired) electrons. The Morgan fingerprint density at radius 3 is 2.54 bits per heavy atom. The average molecular weight is 334 g/mol. The molecule has 0 heterocycles. The Hall–Kier alpha value is -2.24. The lowest BCUT2D eigenvalue weighted by molar-refractivity contribution is -0.142. The van der Waals surface area contributed by atoms with Crippen molar-refractivity contribution in [1.29, 1.82) is 0 Å². The van der Waals surface area contributed by atoms with Crippen molar-refractivity contribution in [2.24, 2.45) is 5.92 Å². The lowest BCUT2D eigenvalue weighted by Crippen LogP contribution is -2.44. The third-order valence-electron chi connectivity index (χ3n) is 4.46. The molecular formula is C18H26N2O4. The van der Waals surface area contributed by atoms with Gasteiger partial charge in [0.15, 0.2) is 0 Å². The molecule has 3 N–H and O–H groups in total. The molecule has 132 valence electrons. The minimum absolute atomic E-state index is 0.0691. The number of hydrogen-bond acceptors (Lipinski definition) is 3. The standard InChI is InChI=1S/C18H26N2O4/c1-12-9-13(11-16(10-12)24-2)7-8-19-18(23)20-15-5-3-14(4-6-15)17(21)22/h9-11,14-15H,3-8H2,1-2H3,(H,21,22)(H2,19,20,23). The number of carboxylic acid groups (broad SMARTS) is 1. The quantitative estimate of drug-likeness (QED) is 0.746. The normalized spacial score (nSPS) is 20.2. The molecule has 1 aliphatic rings. The SMILES string of the molecule is COc1cc(C)cc(CCNC(=O)NC2CCC(C(=O)O)CC2)c1. The van der Waals surface area contributed by atoms with Gasteiger partial charge in [-0.05, 0) is 62.3 Å². The molecule has 2 amide bonds. The molecule has 0 atom stereocenters. The molecule has 2 rings (SSSR count). The van der Waals surface area contributed by atoms with E-state index in [9.17, 15) is 9.59 Å². The summed E-state index contributed by atoms with van der Waals surface area (Å²) in [4.78, 5) is 22.9. The first kappa shape index (κ1) is 18.1. The summed E-state index contributed by atoms with van der Waals surface area (Å²) < 4.78 is 5.25. The zero-order valence-electron chi connectivity index (χ0n) is 14.3. The van der Waals surface area contributed by atoms with Crippen molar-refractivity contribution in [2.45, 2.75) is 45.1 Å². The van der Waals surface area contributed by atoms with Gasteiger partial charge in [-0.1, -0.05) is 6.07 Å². The lowest BCUT2D eigenvalue weighted by Gasteiger charge is -2.26. The van der Waals surface area contributed by atoms with Crippen LogP contribution in [-0.2, 0) is 11.2 Å². The number of amides is 2. The maximum Gasteiger partial charge on any atom is 0.315 e. The van der Waals surface area contributed by atoms with Gasteiger partial charge in [0.25, 0.3) is 0 Å². The Morgan fingerprint density at radius 1 is 1.21 bits per heavy atom. The fraction of sp³-hybridized carbons (Fsp3) is 0.556. The van der Waals surface area contributed by atoms with Gasteiger partial charge in [-0.2, -0.15) is 0 Å². The number of ether oxygens (including phenoxy) is 1. The topological polar surface area (TPSA) is 87.7 Å². The molecule has 1 aromatic carbocycles. The molecule has 6 heteroatoms. The summed E-state index contributed by atoms with van der Waals surface area (Å²) in [5.41, 5.74) is 2.25. The number of benzene rings is 1. The summed E-state index contributed by atoms with van der Waals surface area (Å²) in [6, 6.07) is 5.90. The highest BCUT2D eigenvalue weighted by Crippen LogP contribution is 2.24. The summed E-state index contributed by atoms with van der Waals surface area (Å²) in [6.45, 7) is 2.56. The summed E-state index contributed by atoms with van der Waals surface area (Å²) in [5, 5.41) is 14.8. The number of rotatable bonds is 6. The van der Waals surface area contributed by atoms with E-state index in [1.165, 1.54) is 0 Å². The minimum Gasteiger partial charge on any atom is -0.497 e. The van der Waals surface area contributed by atoms with Gasteiger partial charge in [-0.25, -0.2) is 4.79 Å². The molecule has 1 aromatic rings. The molecule has 0 bridgehead atoms. The second-order valence-corrected chi connectivity index (χ2v) is 6.40. The van der Waals surface area contributed by atoms with Crippen molar-refractivity contribution < 1.29 is 19.4 Å². The van der Waals surface area contributed by atoms with Crippen LogP contribution in [0.1, 0.15) is 36.8 Å². The fourth-order valence-corrected chi connectivity index (χ4v) is 3.13. The highest BCUT2D eigenvalue weighted by molar-refractivity contribution is 5.74. The van der Waals surface area contributed by atoms with Gasteiger partial charge >= 0.3 is 12.0 Å². The van der Waals surface area contributed by atoms with Gasteiger partial charge in [0.2, 0.25) is 0 Å².